The molecule has 1 heterocycles. The molecule has 23 heavy (non-hydrogen) atoms. The summed E-state index contributed by atoms with van der Waals surface area (Å²) in [4.78, 5) is 25.1. The second-order valence-corrected chi connectivity index (χ2v) is 6.65. The fourth-order valence-corrected chi connectivity index (χ4v) is 4.09. The number of morpholine rings is 1. The van der Waals surface area contributed by atoms with Gasteiger partial charge in [0.25, 0.3) is 0 Å². The molecule has 4 unspecified atom stereocenters. The summed E-state index contributed by atoms with van der Waals surface area (Å²) < 4.78 is 5.26. The number of rotatable bonds is 3. The molecule has 4 rings (SSSR count). The van der Waals surface area contributed by atoms with Crippen LogP contribution in [-0.4, -0.2) is 49.2 Å². The molecule has 1 saturated heterocycles. The summed E-state index contributed by atoms with van der Waals surface area (Å²) in [6.45, 7) is 1.78. The molecule has 3 aliphatic rings. The number of carbonyl (C=O) groups excluding carboxylic acids is 2. The van der Waals surface area contributed by atoms with Crippen LogP contribution in [0.2, 0.25) is 0 Å². The van der Waals surface area contributed by atoms with E-state index in [0.29, 0.717) is 37.5 Å². The summed E-state index contributed by atoms with van der Waals surface area (Å²) >= 11 is 0. The summed E-state index contributed by atoms with van der Waals surface area (Å²) in [5.74, 6) is 1.31. The lowest BCUT2D eigenvalue weighted by molar-refractivity contribution is -0.133. The van der Waals surface area contributed by atoms with Crippen LogP contribution in [0, 0.1) is 11.8 Å². The number of primary amides is 1. The van der Waals surface area contributed by atoms with E-state index in [1.54, 1.807) is 4.90 Å². The Morgan fingerprint density at radius 3 is 3.00 bits per heavy atom. The minimum atomic E-state index is -0.693. The lowest BCUT2D eigenvalue weighted by Gasteiger charge is -2.31. The first-order valence-corrected chi connectivity index (χ1v) is 8.16. The van der Waals surface area contributed by atoms with Crippen molar-refractivity contribution in [1.82, 2.24) is 10.2 Å². The molecule has 2 aliphatic carbocycles. The molecule has 1 aromatic rings. The predicted molar refractivity (Wildman–Crippen MR) is 83.8 cm³/mol. The Morgan fingerprint density at radius 1 is 1.35 bits per heavy atom. The summed E-state index contributed by atoms with van der Waals surface area (Å²) in [6.07, 6.45) is 0.435. The summed E-state index contributed by atoms with van der Waals surface area (Å²) in [5, 5.41) is 3.01. The predicted octanol–water partition coefficient (Wildman–Crippen LogP) is 0.468. The maximum absolute atomic E-state index is 12.3. The third kappa shape index (κ3) is 2.57. The molecule has 6 nitrogen and oxygen atoms in total. The van der Waals surface area contributed by atoms with Crippen molar-refractivity contribution in [2.45, 2.75) is 18.4 Å². The van der Waals surface area contributed by atoms with Gasteiger partial charge in [-0.2, -0.15) is 0 Å². The maximum Gasteiger partial charge on any atom is 0.317 e. The Labute approximate surface area is 135 Å². The van der Waals surface area contributed by atoms with Gasteiger partial charge in [0.1, 0.15) is 0 Å². The molecular formula is C17H21N3O3. The second-order valence-electron chi connectivity index (χ2n) is 6.65. The van der Waals surface area contributed by atoms with E-state index in [0.717, 1.165) is 6.42 Å². The Balaban J connectivity index is 1.30. The van der Waals surface area contributed by atoms with Crippen LogP contribution >= 0.6 is 0 Å². The van der Waals surface area contributed by atoms with Gasteiger partial charge in [-0.3, -0.25) is 4.79 Å². The van der Waals surface area contributed by atoms with Gasteiger partial charge >= 0.3 is 6.03 Å². The van der Waals surface area contributed by atoms with Crippen LogP contribution in [0.4, 0.5) is 4.79 Å². The van der Waals surface area contributed by atoms with Gasteiger partial charge < -0.3 is 20.7 Å². The molecule has 6 heteroatoms. The van der Waals surface area contributed by atoms with Crippen molar-refractivity contribution < 1.29 is 14.3 Å². The van der Waals surface area contributed by atoms with Gasteiger partial charge in [0, 0.05) is 13.1 Å². The highest BCUT2D eigenvalue weighted by Crippen LogP contribution is 2.60. The zero-order chi connectivity index (χ0) is 16.0. The van der Waals surface area contributed by atoms with Gasteiger partial charge in [0.15, 0.2) is 6.10 Å². The van der Waals surface area contributed by atoms with Crippen LogP contribution in [0.15, 0.2) is 24.3 Å². The first-order valence-electron chi connectivity index (χ1n) is 8.16. The molecule has 0 spiro atoms. The van der Waals surface area contributed by atoms with Gasteiger partial charge in [-0.1, -0.05) is 24.3 Å². The Hall–Kier alpha value is -2.08. The molecule has 0 bridgehead atoms. The summed E-state index contributed by atoms with van der Waals surface area (Å²) in [6, 6.07) is 8.47. The third-order valence-corrected chi connectivity index (χ3v) is 5.36. The molecule has 0 aromatic heterocycles. The standard InChI is InChI=1S/C17H21N3O3/c18-16(21)14-9-20(5-6-23-14)17(22)19-8-13-12-7-10-3-1-2-4-11(10)15(12)13/h1-4,12-15H,5-9H2,(H2,18,21)(H,19,22). The van der Waals surface area contributed by atoms with Gasteiger partial charge in [0.05, 0.1) is 13.2 Å². The van der Waals surface area contributed by atoms with E-state index < -0.39 is 12.0 Å². The minimum absolute atomic E-state index is 0.127. The number of fused-ring (bicyclic) bond motifs is 3. The molecule has 0 radical (unpaired) electrons. The van der Waals surface area contributed by atoms with Crippen molar-refractivity contribution >= 4 is 11.9 Å². The lowest BCUT2D eigenvalue weighted by Crippen LogP contribution is -2.53. The zero-order valence-electron chi connectivity index (χ0n) is 12.9. The van der Waals surface area contributed by atoms with Gasteiger partial charge in [-0.25, -0.2) is 4.79 Å². The number of hydrogen-bond donors (Lipinski definition) is 2. The Morgan fingerprint density at radius 2 is 2.17 bits per heavy atom. The highest BCUT2D eigenvalue weighted by molar-refractivity contribution is 5.81. The van der Waals surface area contributed by atoms with Crippen LogP contribution in [0.3, 0.4) is 0 Å². The van der Waals surface area contributed by atoms with E-state index in [1.165, 1.54) is 11.1 Å². The van der Waals surface area contributed by atoms with Crippen molar-refractivity contribution in [2.75, 3.05) is 26.2 Å². The number of hydrogen-bond acceptors (Lipinski definition) is 3. The average molecular weight is 315 g/mol. The lowest BCUT2D eigenvalue weighted by atomic mass is 10.0. The maximum atomic E-state index is 12.3. The molecule has 3 amide bonds. The first kappa shape index (κ1) is 14.5. The van der Waals surface area contributed by atoms with Gasteiger partial charge in [-0.05, 0) is 35.3 Å². The van der Waals surface area contributed by atoms with Crippen molar-refractivity contribution in [3.8, 4) is 0 Å². The summed E-state index contributed by atoms with van der Waals surface area (Å²) in [7, 11) is 0. The van der Waals surface area contributed by atoms with Crippen molar-refractivity contribution in [1.29, 1.82) is 0 Å². The number of amides is 3. The largest absolute Gasteiger partial charge is 0.367 e. The topological polar surface area (TPSA) is 84.7 Å². The molecule has 1 aromatic carbocycles. The number of nitrogens with one attached hydrogen (secondary N) is 1. The van der Waals surface area contributed by atoms with Gasteiger partial charge in [-0.15, -0.1) is 0 Å². The first-order chi connectivity index (χ1) is 11.1. The van der Waals surface area contributed by atoms with Crippen LogP contribution in [0.25, 0.3) is 0 Å². The van der Waals surface area contributed by atoms with E-state index in [9.17, 15) is 9.59 Å². The molecule has 2 fully saturated rings. The highest BCUT2D eigenvalue weighted by Gasteiger charge is 2.55. The molecule has 1 aliphatic heterocycles. The molecule has 1 saturated carbocycles. The van der Waals surface area contributed by atoms with E-state index in [2.05, 4.69) is 29.6 Å². The van der Waals surface area contributed by atoms with Crippen molar-refractivity contribution in [2.24, 2.45) is 17.6 Å². The second kappa shape index (κ2) is 5.53. The van der Waals surface area contributed by atoms with Crippen LogP contribution in [0.5, 0.6) is 0 Å². The average Bonchev–Trinajstić information content (AvgIpc) is 3.11. The van der Waals surface area contributed by atoms with Crippen LogP contribution in [-0.2, 0) is 16.0 Å². The monoisotopic (exact) mass is 315 g/mol. The number of nitrogens with two attached hydrogens (primary N) is 1. The number of benzene rings is 1. The van der Waals surface area contributed by atoms with Crippen molar-refractivity contribution in [3.05, 3.63) is 35.4 Å². The molecule has 4 atom stereocenters. The van der Waals surface area contributed by atoms with E-state index >= 15 is 0 Å². The fourth-order valence-electron chi connectivity index (χ4n) is 4.09. The SMILES string of the molecule is NC(=O)C1CN(C(=O)NCC2C3Cc4ccccc4C23)CCO1. The fraction of sp³-hybridized carbons (Fsp3) is 0.529. The normalized spacial score (nSPS) is 31.2. The van der Waals surface area contributed by atoms with Crippen molar-refractivity contribution in [3.63, 3.8) is 0 Å². The van der Waals surface area contributed by atoms with E-state index in [1.807, 2.05) is 0 Å². The molecule has 3 N–H and O–H groups in total. The van der Waals surface area contributed by atoms with Crippen LogP contribution in [0.1, 0.15) is 17.0 Å². The Kier molecular flexibility index (Phi) is 3.49. The smallest absolute Gasteiger partial charge is 0.317 e. The number of nitrogens with zero attached hydrogens (tertiary/aromatic N) is 1. The molecule has 122 valence electrons. The minimum Gasteiger partial charge on any atom is -0.367 e. The van der Waals surface area contributed by atoms with Gasteiger partial charge in [0.2, 0.25) is 5.91 Å². The molecular weight excluding hydrogens is 294 g/mol. The number of carbonyl (C=O) groups is 2. The number of urea groups is 1. The van der Waals surface area contributed by atoms with Crippen LogP contribution < -0.4 is 11.1 Å². The quantitative estimate of drug-likeness (QED) is 0.850. The highest BCUT2D eigenvalue weighted by atomic mass is 16.5. The zero-order valence-corrected chi connectivity index (χ0v) is 12.9. The van der Waals surface area contributed by atoms with E-state index in [4.69, 9.17) is 10.5 Å². The third-order valence-electron chi connectivity index (χ3n) is 5.36. The number of ether oxygens (including phenoxy) is 1. The van der Waals surface area contributed by atoms with E-state index in [-0.39, 0.29) is 12.6 Å². The summed E-state index contributed by atoms with van der Waals surface area (Å²) in [5.41, 5.74) is 8.16. The Bertz CT molecular complexity index is 648.